The van der Waals surface area contributed by atoms with E-state index in [4.69, 9.17) is 9.26 Å². The Morgan fingerprint density at radius 3 is 2.56 bits per heavy atom. The van der Waals surface area contributed by atoms with Gasteiger partial charge in [-0.3, -0.25) is 0 Å². The van der Waals surface area contributed by atoms with Crippen molar-refractivity contribution in [2.24, 2.45) is 5.92 Å². The molecule has 2 heterocycles. The van der Waals surface area contributed by atoms with Gasteiger partial charge in [-0.2, -0.15) is 4.31 Å². The third-order valence-electron chi connectivity index (χ3n) is 4.61. The number of hydrogen-bond acceptors (Lipinski definition) is 5. The van der Waals surface area contributed by atoms with Gasteiger partial charge < -0.3 is 9.26 Å². The van der Waals surface area contributed by atoms with E-state index in [-0.39, 0.29) is 4.90 Å². The van der Waals surface area contributed by atoms with Gasteiger partial charge in [0.1, 0.15) is 16.3 Å². The lowest BCUT2D eigenvalue weighted by Gasteiger charge is -2.31. The van der Waals surface area contributed by atoms with Crippen molar-refractivity contribution in [3.8, 4) is 5.75 Å². The minimum Gasteiger partial charge on any atom is -0.493 e. The molecule has 6 nitrogen and oxygen atoms in total. The lowest BCUT2D eigenvalue weighted by atomic mass is 9.99. The molecule has 0 saturated carbocycles. The molecule has 0 unspecified atom stereocenters. The van der Waals surface area contributed by atoms with Gasteiger partial charge in [0.25, 0.3) is 0 Å². The number of piperidine rings is 1. The van der Waals surface area contributed by atoms with Gasteiger partial charge in [0.05, 0.1) is 6.61 Å². The van der Waals surface area contributed by atoms with Gasteiger partial charge in [-0.15, -0.1) is 0 Å². The smallest absolute Gasteiger partial charge is 0.248 e. The Labute approximate surface area is 148 Å². The van der Waals surface area contributed by atoms with Crippen LogP contribution >= 0.6 is 0 Å². The van der Waals surface area contributed by atoms with E-state index in [9.17, 15) is 8.42 Å². The number of sulfonamides is 1. The first-order valence-corrected chi connectivity index (χ1v) is 9.94. The Morgan fingerprint density at radius 2 is 1.96 bits per heavy atom. The molecule has 1 aliphatic heterocycles. The van der Waals surface area contributed by atoms with E-state index in [0.717, 1.165) is 24.2 Å². The van der Waals surface area contributed by atoms with Crippen LogP contribution in [0.2, 0.25) is 0 Å². The molecule has 1 aromatic heterocycles. The third-order valence-corrected chi connectivity index (χ3v) is 6.76. The van der Waals surface area contributed by atoms with Crippen molar-refractivity contribution in [1.82, 2.24) is 9.46 Å². The molecule has 0 aliphatic carbocycles. The maximum absolute atomic E-state index is 12.8. The molecule has 0 bridgehead atoms. The largest absolute Gasteiger partial charge is 0.493 e. The quantitative estimate of drug-likeness (QED) is 0.815. The summed E-state index contributed by atoms with van der Waals surface area (Å²) in [6, 6.07) is 7.97. The molecular weight excluding hydrogens is 340 g/mol. The number of benzene rings is 1. The number of rotatable bonds is 5. The second-order valence-corrected chi connectivity index (χ2v) is 8.50. The van der Waals surface area contributed by atoms with Crippen LogP contribution in [0.3, 0.4) is 0 Å². The number of hydrogen-bond donors (Lipinski definition) is 0. The van der Waals surface area contributed by atoms with Crippen molar-refractivity contribution >= 4 is 10.0 Å². The van der Waals surface area contributed by atoms with Crippen molar-refractivity contribution in [2.75, 3.05) is 19.7 Å². The maximum Gasteiger partial charge on any atom is 0.248 e. The first kappa shape index (κ1) is 17.9. The molecule has 1 saturated heterocycles. The standard InChI is InChI=1S/C18H24N2O4S/c1-13-5-4-6-17(11-13)23-12-16-7-9-20(10-8-16)25(21,22)18-14(2)19-24-15(18)3/h4-6,11,16H,7-10,12H2,1-3H3. The highest BCUT2D eigenvalue weighted by Gasteiger charge is 2.33. The summed E-state index contributed by atoms with van der Waals surface area (Å²) in [5.41, 5.74) is 1.58. The summed E-state index contributed by atoms with van der Waals surface area (Å²) in [6.45, 7) is 6.93. The minimum atomic E-state index is -3.54. The van der Waals surface area contributed by atoms with Crippen molar-refractivity contribution in [1.29, 1.82) is 0 Å². The highest BCUT2D eigenvalue weighted by atomic mass is 32.2. The van der Waals surface area contributed by atoms with Crippen LogP contribution in [-0.4, -0.2) is 37.6 Å². The van der Waals surface area contributed by atoms with Crippen LogP contribution in [-0.2, 0) is 10.0 Å². The predicted octanol–water partition coefficient (Wildman–Crippen LogP) is 3.08. The Bertz CT molecular complexity index is 817. The van der Waals surface area contributed by atoms with Crippen LogP contribution < -0.4 is 4.74 Å². The van der Waals surface area contributed by atoms with Crippen LogP contribution in [0.4, 0.5) is 0 Å². The lowest BCUT2D eigenvalue weighted by molar-refractivity contribution is 0.185. The molecule has 0 spiro atoms. The van der Waals surface area contributed by atoms with E-state index >= 15 is 0 Å². The van der Waals surface area contributed by atoms with Gasteiger partial charge in [0, 0.05) is 13.1 Å². The van der Waals surface area contributed by atoms with Gasteiger partial charge >= 0.3 is 0 Å². The van der Waals surface area contributed by atoms with E-state index in [1.54, 1.807) is 13.8 Å². The van der Waals surface area contributed by atoms with E-state index in [1.165, 1.54) is 4.31 Å². The van der Waals surface area contributed by atoms with Gasteiger partial charge in [0.15, 0.2) is 5.76 Å². The summed E-state index contributed by atoms with van der Waals surface area (Å²) in [7, 11) is -3.54. The number of nitrogens with zero attached hydrogens (tertiary/aromatic N) is 2. The summed E-state index contributed by atoms with van der Waals surface area (Å²) < 4.78 is 38.0. The van der Waals surface area contributed by atoms with Crippen molar-refractivity contribution < 1.29 is 17.7 Å². The fourth-order valence-corrected chi connectivity index (χ4v) is 4.97. The molecule has 3 rings (SSSR count). The number of ether oxygens (including phenoxy) is 1. The van der Waals surface area contributed by atoms with Crippen LogP contribution in [0.25, 0.3) is 0 Å². The molecule has 25 heavy (non-hydrogen) atoms. The van der Waals surface area contributed by atoms with Crippen molar-refractivity contribution in [3.63, 3.8) is 0 Å². The fraction of sp³-hybridized carbons (Fsp3) is 0.500. The van der Waals surface area contributed by atoms with Gasteiger partial charge in [-0.1, -0.05) is 17.3 Å². The number of aromatic nitrogens is 1. The Morgan fingerprint density at radius 1 is 1.24 bits per heavy atom. The van der Waals surface area contributed by atoms with E-state index < -0.39 is 10.0 Å². The molecule has 7 heteroatoms. The van der Waals surface area contributed by atoms with Gasteiger partial charge in [-0.05, 0) is 57.2 Å². The Hall–Kier alpha value is -1.86. The minimum absolute atomic E-state index is 0.210. The van der Waals surface area contributed by atoms with E-state index in [1.807, 2.05) is 31.2 Å². The zero-order valence-electron chi connectivity index (χ0n) is 14.9. The summed E-state index contributed by atoms with van der Waals surface area (Å²) in [5.74, 6) is 1.57. The SMILES string of the molecule is Cc1cccc(OCC2CCN(S(=O)(=O)c3c(C)noc3C)CC2)c1. The predicted molar refractivity (Wildman–Crippen MR) is 94.1 cm³/mol. The van der Waals surface area contributed by atoms with Gasteiger partial charge in [0.2, 0.25) is 10.0 Å². The molecule has 0 amide bonds. The first-order valence-electron chi connectivity index (χ1n) is 8.50. The van der Waals surface area contributed by atoms with Crippen molar-refractivity contribution in [2.45, 2.75) is 38.5 Å². The highest BCUT2D eigenvalue weighted by molar-refractivity contribution is 7.89. The summed E-state index contributed by atoms with van der Waals surface area (Å²) in [4.78, 5) is 0.210. The molecule has 136 valence electrons. The topological polar surface area (TPSA) is 72.6 Å². The Balaban J connectivity index is 1.58. The van der Waals surface area contributed by atoms with Crippen LogP contribution in [0.5, 0.6) is 5.75 Å². The zero-order chi connectivity index (χ0) is 18.0. The summed E-state index contributed by atoms with van der Waals surface area (Å²) in [5, 5.41) is 3.76. The average Bonchev–Trinajstić information content (AvgIpc) is 2.93. The highest BCUT2D eigenvalue weighted by Crippen LogP contribution is 2.28. The van der Waals surface area contributed by atoms with Crippen LogP contribution in [0, 0.1) is 26.7 Å². The lowest BCUT2D eigenvalue weighted by Crippen LogP contribution is -2.40. The van der Waals surface area contributed by atoms with E-state index in [2.05, 4.69) is 5.16 Å². The molecule has 0 radical (unpaired) electrons. The second kappa shape index (κ2) is 7.17. The molecule has 0 N–H and O–H groups in total. The van der Waals surface area contributed by atoms with Crippen molar-refractivity contribution in [3.05, 3.63) is 41.3 Å². The van der Waals surface area contributed by atoms with Gasteiger partial charge in [-0.25, -0.2) is 8.42 Å². The Kier molecular flexibility index (Phi) is 5.15. The second-order valence-electron chi connectivity index (χ2n) is 6.63. The molecule has 1 aliphatic rings. The first-order chi connectivity index (χ1) is 11.9. The average molecular weight is 364 g/mol. The monoisotopic (exact) mass is 364 g/mol. The van der Waals surface area contributed by atoms with E-state index in [0.29, 0.717) is 37.1 Å². The molecule has 1 aromatic carbocycles. The molecule has 1 fully saturated rings. The summed E-state index contributed by atoms with van der Waals surface area (Å²) >= 11 is 0. The molecule has 0 atom stereocenters. The normalized spacial score (nSPS) is 16.9. The molecule has 2 aromatic rings. The van der Waals surface area contributed by atoms with Crippen LogP contribution in [0.1, 0.15) is 29.9 Å². The van der Waals surface area contributed by atoms with Crippen LogP contribution in [0.15, 0.2) is 33.7 Å². The fourth-order valence-electron chi connectivity index (χ4n) is 3.21. The number of aryl methyl sites for hydroxylation is 3. The molecular formula is C18H24N2O4S. The zero-order valence-corrected chi connectivity index (χ0v) is 15.7. The third kappa shape index (κ3) is 3.88. The maximum atomic E-state index is 12.8. The summed E-state index contributed by atoms with van der Waals surface area (Å²) in [6.07, 6.45) is 1.57.